The first-order chi connectivity index (χ1) is 16.2. The summed E-state index contributed by atoms with van der Waals surface area (Å²) >= 11 is 7.29. The maximum Gasteiger partial charge on any atom is 0.0501 e. The molecule has 0 bridgehead atoms. The minimum atomic E-state index is 0.817. The van der Waals surface area contributed by atoms with Crippen LogP contribution in [0.25, 0.3) is 44.3 Å². The van der Waals surface area contributed by atoms with Crippen molar-refractivity contribution in [2.45, 2.75) is 6.42 Å². The fraction of sp³-hybridized carbons (Fsp3) is 0.0345. The monoisotopic (exact) mass is 554 g/mol. The summed E-state index contributed by atoms with van der Waals surface area (Å²) in [6, 6.07) is 34.2. The van der Waals surface area contributed by atoms with Crippen molar-refractivity contribution < 1.29 is 0 Å². The van der Waals surface area contributed by atoms with E-state index in [9.17, 15) is 0 Å². The van der Waals surface area contributed by atoms with Gasteiger partial charge >= 0.3 is 0 Å². The number of halogens is 2. The van der Waals surface area contributed by atoms with Gasteiger partial charge in [-0.15, -0.1) is 0 Å². The fourth-order valence-corrected chi connectivity index (χ4v) is 5.52. The number of rotatable bonds is 4. The Balaban J connectivity index is 1.60. The lowest BCUT2D eigenvalue weighted by molar-refractivity contribution is 1.22. The summed E-state index contributed by atoms with van der Waals surface area (Å²) in [5.41, 5.74) is 9.64. The van der Waals surface area contributed by atoms with Crippen LogP contribution in [0.15, 0.2) is 106 Å². The Morgan fingerprint density at radius 3 is 1.42 bits per heavy atom. The summed E-state index contributed by atoms with van der Waals surface area (Å²) in [4.78, 5) is 7.40. The van der Waals surface area contributed by atoms with E-state index in [4.69, 9.17) is 0 Å². The van der Waals surface area contributed by atoms with Gasteiger partial charge in [0.2, 0.25) is 0 Å². The van der Waals surface area contributed by atoms with Crippen molar-refractivity contribution in [1.82, 2.24) is 9.97 Å². The Bertz CT molecular complexity index is 1500. The largest absolute Gasteiger partial charge is 0.354 e. The van der Waals surface area contributed by atoms with Gasteiger partial charge in [-0.05, 0) is 58.7 Å². The first-order valence-electron chi connectivity index (χ1n) is 10.9. The zero-order valence-corrected chi connectivity index (χ0v) is 20.9. The van der Waals surface area contributed by atoms with Gasteiger partial charge in [0.15, 0.2) is 0 Å². The van der Waals surface area contributed by atoms with Gasteiger partial charge in [-0.1, -0.05) is 92.5 Å². The van der Waals surface area contributed by atoms with Crippen molar-refractivity contribution in [3.63, 3.8) is 0 Å². The first-order valence-corrected chi connectivity index (χ1v) is 12.5. The first kappa shape index (κ1) is 20.5. The van der Waals surface area contributed by atoms with Crippen LogP contribution in [0.3, 0.4) is 0 Å². The van der Waals surface area contributed by atoms with Crippen LogP contribution >= 0.6 is 31.9 Å². The van der Waals surface area contributed by atoms with Crippen LogP contribution in [0.2, 0.25) is 0 Å². The van der Waals surface area contributed by atoms with Gasteiger partial charge in [0, 0.05) is 37.2 Å². The number of hydrogen-bond acceptors (Lipinski definition) is 0. The molecule has 160 valence electrons. The van der Waals surface area contributed by atoms with E-state index in [1.165, 1.54) is 44.4 Å². The van der Waals surface area contributed by atoms with E-state index in [0.29, 0.717) is 0 Å². The lowest BCUT2D eigenvalue weighted by Crippen LogP contribution is -1.93. The van der Waals surface area contributed by atoms with Gasteiger partial charge in [-0.3, -0.25) is 0 Å². The second-order valence-corrected chi connectivity index (χ2v) is 10.1. The molecule has 0 saturated heterocycles. The Kier molecular flexibility index (Phi) is 5.20. The SMILES string of the molecule is Brc1cccc(-c2[nH]c3ccccc3c2Cc2c(-c3cccc(Br)c3)[nH]c3ccccc23)c1. The number of fused-ring (bicyclic) bond motifs is 2. The van der Waals surface area contributed by atoms with Gasteiger partial charge in [0.1, 0.15) is 0 Å². The van der Waals surface area contributed by atoms with Gasteiger partial charge in [-0.25, -0.2) is 0 Å². The number of aromatic amines is 2. The molecule has 0 amide bonds. The molecule has 2 N–H and O–H groups in total. The summed E-state index contributed by atoms with van der Waals surface area (Å²) in [6.07, 6.45) is 0.817. The Morgan fingerprint density at radius 2 is 0.970 bits per heavy atom. The number of benzene rings is 4. The molecule has 2 nitrogen and oxygen atoms in total. The molecular formula is C29H20Br2N2. The maximum absolute atomic E-state index is 3.70. The van der Waals surface area contributed by atoms with Crippen LogP contribution in [-0.2, 0) is 6.42 Å². The van der Waals surface area contributed by atoms with Crippen LogP contribution in [0.5, 0.6) is 0 Å². The second kappa shape index (κ2) is 8.36. The lowest BCUT2D eigenvalue weighted by Gasteiger charge is -2.09. The minimum absolute atomic E-state index is 0.817. The molecular weight excluding hydrogens is 536 g/mol. The predicted octanol–water partition coefficient (Wildman–Crippen LogP) is 9.10. The van der Waals surface area contributed by atoms with E-state index in [0.717, 1.165) is 26.4 Å². The van der Waals surface area contributed by atoms with Crippen molar-refractivity contribution >= 4 is 53.7 Å². The molecule has 0 spiro atoms. The second-order valence-electron chi connectivity index (χ2n) is 8.25. The van der Waals surface area contributed by atoms with E-state index >= 15 is 0 Å². The Hall–Kier alpha value is -3.08. The molecule has 0 aliphatic heterocycles. The molecule has 33 heavy (non-hydrogen) atoms. The van der Waals surface area contributed by atoms with Gasteiger partial charge in [0.05, 0.1) is 11.4 Å². The normalized spacial score (nSPS) is 11.5. The zero-order valence-electron chi connectivity index (χ0n) is 17.7. The van der Waals surface area contributed by atoms with Gasteiger partial charge in [0.25, 0.3) is 0 Å². The molecule has 4 heteroatoms. The van der Waals surface area contributed by atoms with E-state index in [1.54, 1.807) is 0 Å². The third-order valence-electron chi connectivity index (χ3n) is 6.21. The molecule has 0 fully saturated rings. The fourth-order valence-electron chi connectivity index (χ4n) is 4.72. The highest BCUT2D eigenvalue weighted by Gasteiger charge is 2.19. The summed E-state index contributed by atoms with van der Waals surface area (Å²) in [7, 11) is 0. The molecule has 2 aromatic heterocycles. The Labute approximate surface area is 208 Å². The summed E-state index contributed by atoms with van der Waals surface area (Å²) in [6.45, 7) is 0. The zero-order chi connectivity index (χ0) is 22.4. The topological polar surface area (TPSA) is 31.6 Å². The molecule has 2 heterocycles. The quantitative estimate of drug-likeness (QED) is 0.217. The third-order valence-corrected chi connectivity index (χ3v) is 7.19. The summed E-state index contributed by atoms with van der Waals surface area (Å²) in [5, 5.41) is 2.52. The standard InChI is InChI=1S/C29H20Br2N2/c30-20-9-5-7-18(15-20)28-24(22-11-1-3-13-26(22)32-28)17-25-23-12-2-4-14-27(23)33-29(25)19-8-6-10-21(31)16-19/h1-16,32-33H,17H2. The molecule has 0 unspecified atom stereocenters. The maximum atomic E-state index is 3.70. The molecule has 4 aromatic carbocycles. The highest BCUT2D eigenvalue weighted by molar-refractivity contribution is 9.10. The van der Waals surface area contributed by atoms with E-state index in [-0.39, 0.29) is 0 Å². The smallest absolute Gasteiger partial charge is 0.0501 e. The van der Waals surface area contributed by atoms with E-state index in [2.05, 4.69) is 139 Å². The van der Waals surface area contributed by atoms with E-state index < -0.39 is 0 Å². The average molecular weight is 556 g/mol. The van der Waals surface area contributed by atoms with Crippen LogP contribution in [0, 0.1) is 0 Å². The molecule has 0 saturated carbocycles. The number of nitrogens with one attached hydrogen (secondary N) is 2. The third kappa shape index (κ3) is 3.73. The molecule has 0 aliphatic carbocycles. The lowest BCUT2D eigenvalue weighted by atomic mass is 9.95. The van der Waals surface area contributed by atoms with Crippen LogP contribution in [0.4, 0.5) is 0 Å². The number of para-hydroxylation sites is 2. The Morgan fingerprint density at radius 1 is 0.515 bits per heavy atom. The highest BCUT2D eigenvalue weighted by atomic mass is 79.9. The number of H-pyrrole nitrogens is 2. The number of aromatic nitrogens is 2. The van der Waals surface area contributed by atoms with Crippen molar-refractivity contribution in [2.75, 3.05) is 0 Å². The molecule has 6 rings (SSSR count). The van der Waals surface area contributed by atoms with Crippen molar-refractivity contribution in [3.05, 3.63) is 117 Å². The van der Waals surface area contributed by atoms with Crippen molar-refractivity contribution in [2.24, 2.45) is 0 Å². The van der Waals surface area contributed by atoms with Gasteiger partial charge < -0.3 is 9.97 Å². The molecule has 0 aliphatic rings. The predicted molar refractivity (Wildman–Crippen MR) is 146 cm³/mol. The molecule has 0 radical (unpaired) electrons. The van der Waals surface area contributed by atoms with Crippen LogP contribution < -0.4 is 0 Å². The molecule has 0 atom stereocenters. The average Bonchev–Trinajstić information content (AvgIpc) is 3.38. The van der Waals surface area contributed by atoms with E-state index in [1.807, 2.05) is 0 Å². The number of hydrogen-bond donors (Lipinski definition) is 2. The van der Waals surface area contributed by atoms with Gasteiger partial charge in [-0.2, -0.15) is 0 Å². The highest BCUT2D eigenvalue weighted by Crippen LogP contribution is 2.38. The summed E-state index contributed by atoms with van der Waals surface area (Å²) < 4.78 is 2.15. The van der Waals surface area contributed by atoms with Crippen LogP contribution in [0.1, 0.15) is 11.1 Å². The molecule has 6 aromatic rings. The van der Waals surface area contributed by atoms with Crippen molar-refractivity contribution in [3.8, 4) is 22.5 Å². The summed E-state index contributed by atoms with van der Waals surface area (Å²) in [5.74, 6) is 0. The van der Waals surface area contributed by atoms with Crippen molar-refractivity contribution in [1.29, 1.82) is 0 Å². The van der Waals surface area contributed by atoms with Crippen LogP contribution in [-0.4, -0.2) is 9.97 Å². The minimum Gasteiger partial charge on any atom is -0.354 e.